The molecule has 5 rings (SSSR count). The molecule has 9 heteroatoms. The molecule has 0 spiro atoms. The van der Waals surface area contributed by atoms with Gasteiger partial charge < -0.3 is 15.2 Å². The highest BCUT2D eigenvalue weighted by Crippen LogP contribution is 2.43. The van der Waals surface area contributed by atoms with Crippen LogP contribution in [0.25, 0.3) is 22.2 Å². The van der Waals surface area contributed by atoms with E-state index in [4.69, 9.17) is 4.74 Å². The summed E-state index contributed by atoms with van der Waals surface area (Å²) in [6.07, 6.45) is 1.84. The summed E-state index contributed by atoms with van der Waals surface area (Å²) >= 11 is 0. The number of pyridine rings is 2. The Kier molecular flexibility index (Phi) is 7.27. The third-order valence-electron chi connectivity index (χ3n) is 7.30. The van der Waals surface area contributed by atoms with Crippen molar-refractivity contribution in [3.05, 3.63) is 88.5 Å². The van der Waals surface area contributed by atoms with Crippen LogP contribution >= 0.6 is 0 Å². The van der Waals surface area contributed by atoms with Crippen molar-refractivity contribution >= 4 is 16.8 Å². The van der Waals surface area contributed by atoms with Crippen LogP contribution in [-0.4, -0.2) is 34.6 Å². The van der Waals surface area contributed by atoms with Crippen LogP contribution in [0.5, 0.6) is 5.75 Å². The number of benzene rings is 2. The molecule has 0 saturated heterocycles. The number of halogens is 3. The minimum Gasteiger partial charge on any atom is -0.494 e. The quantitative estimate of drug-likeness (QED) is 0.257. The average Bonchev–Trinajstić information content (AvgIpc) is 3.75. The molecule has 6 nitrogen and oxygen atoms in total. The Hall–Kier alpha value is -3.98. The zero-order valence-corrected chi connectivity index (χ0v) is 22.7. The van der Waals surface area contributed by atoms with Gasteiger partial charge in [0.1, 0.15) is 22.8 Å². The van der Waals surface area contributed by atoms with E-state index in [2.05, 4.69) is 15.3 Å². The molecule has 0 bridgehead atoms. The van der Waals surface area contributed by atoms with Crippen LogP contribution in [0.3, 0.4) is 0 Å². The molecule has 1 atom stereocenters. The van der Waals surface area contributed by atoms with Gasteiger partial charge in [-0.3, -0.25) is 4.79 Å². The lowest BCUT2D eigenvalue weighted by Gasteiger charge is -2.24. The van der Waals surface area contributed by atoms with E-state index in [1.807, 2.05) is 0 Å². The summed E-state index contributed by atoms with van der Waals surface area (Å²) in [5, 5.41) is 14.3. The summed E-state index contributed by atoms with van der Waals surface area (Å²) < 4.78 is 48.6. The van der Waals surface area contributed by atoms with Crippen LogP contribution in [0.15, 0.2) is 48.5 Å². The highest BCUT2D eigenvalue weighted by molar-refractivity contribution is 6.00. The number of fused-ring (bicyclic) bond motifs is 1. The molecular weight excluding hydrogens is 519 g/mol. The number of carbonyl (C=O) groups excluding carboxylic acids is 1. The number of amides is 1. The maximum Gasteiger partial charge on any atom is 0.251 e. The van der Waals surface area contributed by atoms with E-state index in [1.165, 1.54) is 51.3 Å². The SMILES string of the molecule is COc1cc(C(=O)NCC(c2cc(C(C)(C)O)c(F)c(-c3ccc(F)cc3)n2)C2CC2)cc2cc(C)c(F)nc12. The molecule has 2 N–H and O–H groups in total. The van der Waals surface area contributed by atoms with Crippen molar-refractivity contribution in [2.45, 2.75) is 45.1 Å². The van der Waals surface area contributed by atoms with Crippen LogP contribution in [0.4, 0.5) is 13.2 Å². The van der Waals surface area contributed by atoms with E-state index in [9.17, 15) is 18.7 Å². The molecule has 1 saturated carbocycles. The van der Waals surface area contributed by atoms with E-state index in [0.717, 1.165) is 12.8 Å². The maximum atomic E-state index is 15.6. The second-order valence-corrected chi connectivity index (χ2v) is 10.8. The fourth-order valence-corrected chi connectivity index (χ4v) is 4.92. The first-order chi connectivity index (χ1) is 19.0. The topological polar surface area (TPSA) is 84.3 Å². The van der Waals surface area contributed by atoms with Crippen molar-refractivity contribution in [1.82, 2.24) is 15.3 Å². The van der Waals surface area contributed by atoms with Crippen LogP contribution in [0.2, 0.25) is 0 Å². The van der Waals surface area contributed by atoms with Gasteiger partial charge in [-0.1, -0.05) is 0 Å². The number of ether oxygens (including phenoxy) is 1. The molecule has 208 valence electrons. The van der Waals surface area contributed by atoms with Gasteiger partial charge in [-0.05, 0) is 88.1 Å². The van der Waals surface area contributed by atoms with Crippen LogP contribution in [0, 0.1) is 30.4 Å². The third kappa shape index (κ3) is 5.51. The van der Waals surface area contributed by atoms with Crippen LogP contribution < -0.4 is 10.1 Å². The first-order valence-electron chi connectivity index (χ1n) is 13.1. The lowest BCUT2D eigenvalue weighted by Crippen LogP contribution is -2.30. The van der Waals surface area contributed by atoms with Gasteiger partial charge >= 0.3 is 0 Å². The standard InChI is InChI=1S/C31H30F3N3O3/c1-16-11-19-12-20(13-25(40-4)27(19)37-29(16)34)30(38)35-15-22(17-5-6-17)24-14-23(31(2,3)39)26(33)28(36-24)18-7-9-21(32)10-8-18/h7-14,17,22,39H,5-6,15H2,1-4H3,(H,35,38). The molecule has 1 amide bonds. The summed E-state index contributed by atoms with van der Waals surface area (Å²) in [5.74, 6) is -1.85. The van der Waals surface area contributed by atoms with Gasteiger partial charge in [0.05, 0.1) is 12.7 Å². The monoisotopic (exact) mass is 549 g/mol. The number of hydrogen-bond donors (Lipinski definition) is 2. The third-order valence-corrected chi connectivity index (χ3v) is 7.30. The molecule has 2 aromatic carbocycles. The summed E-state index contributed by atoms with van der Waals surface area (Å²) in [5.41, 5.74) is 0.498. The predicted octanol–water partition coefficient (Wildman–Crippen LogP) is 6.18. The molecule has 1 aliphatic carbocycles. The smallest absolute Gasteiger partial charge is 0.251 e. The summed E-state index contributed by atoms with van der Waals surface area (Å²) in [6, 6.07) is 11.7. The molecule has 0 aliphatic heterocycles. The number of aliphatic hydroxyl groups is 1. The predicted molar refractivity (Wildman–Crippen MR) is 146 cm³/mol. The molecule has 4 aromatic rings. The molecule has 1 unspecified atom stereocenters. The van der Waals surface area contributed by atoms with E-state index in [0.29, 0.717) is 33.3 Å². The minimum absolute atomic E-state index is 0.0148. The Bertz CT molecular complexity index is 1600. The average molecular weight is 550 g/mol. The Morgan fingerprint density at radius 3 is 2.42 bits per heavy atom. The fourth-order valence-electron chi connectivity index (χ4n) is 4.92. The number of hydrogen-bond acceptors (Lipinski definition) is 5. The Morgan fingerprint density at radius 1 is 1.10 bits per heavy atom. The van der Waals surface area contributed by atoms with Crippen LogP contribution in [-0.2, 0) is 5.60 Å². The number of carbonyl (C=O) groups is 1. The molecule has 1 fully saturated rings. The van der Waals surface area contributed by atoms with Crippen molar-refractivity contribution in [2.75, 3.05) is 13.7 Å². The maximum absolute atomic E-state index is 15.6. The molecule has 2 aromatic heterocycles. The first kappa shape index (κ1) is 27.6. The van der Waals surface area contributed by atoms with Gasteiger partial charge in [0.15, 0.2) is 5.82 Å². The fraction of sp³-hybridized carbons (Fsp3) is 0.323. The lowest BCUT2D eigenvalue weighted by atomic mass is 9.90. The zero-order valence-electron chi connectivity index (χ0n) is 22.7. The van der Waals surface area contributed by atoms with Crippen molar-refractivity contribution in [1.29, 1.82) is 0 Å². The van der Waals surface area contributed by atoms with Gasteiger partial charge in [0.2, 0.25) is 5.95 Å². The largest absolute Gasteiger partial charge is 0.494 e. The van der Waals surface area contributed by atoms with Gasteiger partial charge in [0, 0.05) is 45.8 Å². The summed E-state index contributed by atoms with van der Waals surface area (Å²) in [4.78, 5) is 21.9. The van der Waals surface area contributed by atoms with Gasteiger partial charge in [-0.2, -0.15) is 4.39 Å². The van der Waals surface area contributed by atoms with Crippen LogP contribution in [0.1, 0.15) is 59.8 Å². The zero-order chi connectivity index (χ0) is 28.8. The Morgan fingerprint density at radius 2 is 1.80 bits per heavy atom. The molecule has 2 heterocycles. The number of rotatable bonds is 8. The van der Waals surface area contributed by atoms with E-state index in [1.54, 1.807) is 25.1 Å². The Labute approximate surface area is 230 Å². The van der Waals surface area contributed by atoms with Crippen molar-refractivity contribution in [3.8, 4) is 17.0 Å². The second kappa shape index (κ2) is 10.5. The Balaban J connectivity index is 1.48. The molecular formula is C31H30F3N3O3. The van der Waals surface area contributed by atoms with Gasteiger partial charge in [0.25, 0.3) is 5.91 Å². The van der Waals surface area contributed by atoms with E-state index < -0.39 is 23.2 Å². The van der Waals surface area contributed by atoms with Gasteiger partial charge in [-0.25, -0.2) is 18.7 Å². The van der Waals surface area contributed by atoms with Crippen molar-refractivity contribution < 1.29 is 27.8 Å². The number of nitrogens with one attached hydrogen (secondary N) is 1. The second-order valence-electron chi connectivity index (χ2n) is 10.8. The van der Waals surface area contributed by atoms with Gasteiger partial charge in [-0.15, -0.1) is 0 Å². The number of nitrogens with zero attached hydrogens (tertiary/aromatic N) is 2. The number of aryl methyl sites for hydroxylation is 1. The molecule has 40 heavy (non-hydrogen) atoms. The highest BCUT2D eigenvalue weighted by atomic mass is 19.1. The minimum atomic E-state index is -1.50. The first-order valence-corrected chi connectivity index (χ1v) is 13.1. The number of methoxy groups -OCH3 is 1. The lowest BCUT2D eigenvalue weighted by molar-refractivity contribution is 0.0742. The van der Waals surface area contributed by atoms with E-state index >= 15 is 4.39 Å². The van der Waals surface area contributed by atoms with Crippen molar-refractivity contribution in [2.24, 2.45) is 5.92 Å². The molecule has 1 aliphatic rings. The van der Waals surface area contributed by atoms with E-state index in [-0.39, 0.29) is 41.3 Å². The van der Waals surface area contributed by atoms with Crippen molar-refractivity contribution in [3.63, 3.8) is 0 Å². The molecule has 0 radical (unpaired) electrons. The number of aromatic nitrogens is 2. The summed E-state index contributed by atoms with van der Waals surface area (Å²) in [7, 11) is 1.43. The summed E-state index contributed by atoms with van der Waals surface area (Å²) in [6.45, 7) is 4.80. The highest BCUT2D eigenvalue weighted by Gasteiger charge is 2.36. The normalized spacial score (nSPS) is 14.3.